The monoisotopic (exact) mass is 240 g/mol. The molecule has 1 aliphatic heterocycles. The quantitative estimate of drug-likeness (QED) is 0.627. The highest BCUT2D eigenvalue weighted by Gasteiger charge is 2.46. The normalized spacial score (nSPS) is 26.6. The predicted molar refractivity (Wildman–Crippen MR) is 58.1 cm³/mol. The fraction of sp³-hybridized carbons (Fsp3) is 0.727. The largest absolute Gasteiger partial charge is 0.480 e. The summed E-state index contributed by atoms with van der Waals surface area (Å²) in [5.41, 5.74) is -1.06. The third-order valence-corrected chi connectivity index (χ3v) is 3.62. The minimum absolute atomic E-state index is 0.0503. The van der Waals surface area contributed by atoms with E-state index in [4.69, 9.17) is 5.11 Å². The second kappa shape index (κ2) is 4.35. The van der Waals surface area contributed by atoms with E-state index in [9.17, 15) is 14.4 Å². The Balaban J connectivity index is 1.92. The van der Waals surface area contributed by atoms with Crippen LogP contribution in [-0.2, 0) is 14.4 Å². The first-order valence-electron chi connectivity index (χ1n) is 5.86. The van der Waals surface area contributed by atoms with Gasteiger partial charge in [-0.1, -0.05) is 0 Å². The molecule has 1 aliphatic carbocycles. The molecule has 1 heterocycles. The van der Waals surface area contributed by atoms with E-state index in [1.54, 1.807) is 0 Å². The minimum Gasteiger partial charge on any atom is -0.480 e. The summed E-state index contributed by atoms with van der Waals surface area (Å²) in [5, 5.41) is 14.3. The van der Waals surface area contributed by atoms with Gasteiger partial charge in [0.1, 0.15) is 5.54 Å². The number of carbonyl (C=O) groups is 3. The molecule has 2 amide bonds. The molecule has 1 saturated heterocycles. The molecule has 2 aliphatic rings. The number of amides is 2. The fourth-order valence-corrected chi connectivity index (χ4v) is 2.22. The third-order valence-electron chi connectivity index (χ3n) is 3.62. The van der Waals surface area contributed by atoms with Crippen LogP contribution in [0.2, 0.25) is 0 Å². The molecule has 6 heteroatoms. The van der Waals surface area contributed by atoms with E-state index in [0.717, 1.165) is 6.42 Å². The molecular formula is C11H16N2O4. The molecule has 0 radical (unpaired) electrons. The summed E-state index contributed by atoms with van der Waals surface area (Å²) >= 11 is 0. The van der Waals surface area contributed by atoms with E-state index >= 15 is 0 Å². The van der Waals surface area contributed by atoms with Crippen molar-refractivity contribution >= 4 is 17.8 Å². The Kier molecular flexibility index (Phi) is 3.04. The van der Waals surface area contributed by atoms with Gasteiger partial charge in [-0.15, -0.1) is 0 Å². The second-order valence-corrected chi connectivity index (χ2v) is 4.77. The van der Waals surface area contributed by atoms with Gasteiger partial charge in [0.2, 0.25) is 11.8 Å². The molecule has 3 N–H and O–H groups in total. The van der Waals surface area contributed by atoms with Crippen LogP contribution in [0.5, 0.6) is 0 Å². The van der Waals surface area contributed by atoms with E-state index in [0.29, 0.717) is 32.2 Å². The smallest absolute Gasteiger partial charge is 0.329 e. The SMILES string of the molecule is O=C1CCC(C(=O)NC2(C(=O)O)CCC2)CN1. The number of hydrogen-bond acceptors (Lipinski definition) is 3. The lowest BCUT2D eigenvalue weighted by Gasteiger charge is -2.39. The molecule has 0 aromatic heterocycles. The molecule has 0 bridgehead atoms. The lowest BCUT2D eigenvalue weighted by molar-refractivity contribution is -0.152. The average Bonchev–Trinajstić information content (AvgIpc) is 2.23. The predicted octanol–water partition coefficient (Wildman–Crippen LogP) is -0.364. The van der Waals surface area contributed by atoms with Crippen LogP contribution in [0.4, 0.5) is 0 Å². The maximum atomic E-state index is 11.9. The molecule has 0 aromatic carbocycles. The highest BCUT2D eigenvalue weighted by Crippen LogP contribution is 2.32. The minimum atomic E-state index is -1.06. The number of aliphatic carboxylic acids is 1. The van der Waals surface area contributed by atoms with Crippen molar-refractivity contribution in [3.63, 3.8) is 0 Å². The molecule has 1 atom stereocenters. The topological polar surface area (TPSA) is 95.5 Å². The van der Waals surface area contributed by atoms with Gasteiger partial charge in [0.15, 0.2) is 0 Å². The number of rotatable bonds is 3. The summed E-state index contributed by atoms with van der Waals surface area (Å²) in [6, 6.07) is 0. The van der Waals surface area contributed by atoms with Crippen LogP contribution < -0.4 is 10.6 Å². The van der Waals surface area contributed by atoms with E-state index in [1.807, 2.05) is 0 Å². The first-order valence-corrected chi connectivity index (χ1v) is 5.86. The van der Waals surface area contributed by atoms with Gasteiger partial charge in [0.25, 0.3) is 0 Å². The number of carboxylic acid groups (broad SMARTS) is 1. The van der Waals surface area contributed by atoms with Gasteiger partial charge in [-0.3, -0.25) is 9.59 Å². The van der Waals surface area contributed by atoms with Crippen molar-refractivity contribution in [1.82, 2.24) is 10.6 Å². The molecule has 6 nitrogen and oxygen atoms in total. The molecule has 0 spiro atoms. The zero-order valence-electron chi connectivity index (χ0n) is 9.49. The Bertz CT molecular complexity index is 352. The van der Waals surface area contributed by atoms with Gasteiger partial charge >= 0.3 is 5.97 Å². The Morgan fingerprint density at radius 1 is 1.41 bits per heavy atom. The maximum absolute atomic E-state index is 11.9. The van der Waals surface area contributed by atoms with Gasteiger partial charge < -0.3 is 15.7 Å². The summed E-state index contributed by atoms with van der Waals surface area (Å²) < 4.78 is 0. The summed E-state index contributed by atoms with van der Waals surface area (Å²) in [5.74, 6) is -1.57. The fourth-order valence-electron chi connectivity index (χ4n) is 2.22. The Morgan fingerprint density at radius 2 is 2.12 bits per heavy atom. The van der Waals surface area contributed by atoms with Crippen LogP contribution in [0.15, 0.2) is 0 Å². The van der Waals surface area contributed by atoms with Crippen LogP contribution in [0.1, 0.15) is 32.1 Å². The molecule has 17 heavy (non-hydrogen) atoms. The van der Waals surface area contributed by atoms with Crippen molar-refractivity contribution in [2.75, 3.05) is 6.54 Å². The zero-order chi connectivity index (χ0) is 12.5. The summed E-state index contributed by atoms with van der Waals surface area (Å²) in [4.78, 5) is 33.9. The summed E-state index contributed by atoms with van der Waals surface area (Å²) in [7, 11) is 0. The Hall–Kier alpha value is -1.59. The molecule has 2 fully saturated rings. The first-order chi connectivity index (χ1) is 8.03. The van der Waals surface area contributed by atoms with Crippen LogP contribution in [0.25, 0.3) is 0 Å². The summed E-state index contributed by atoms with van der Waals surface area (Å²) in [6.07, 6.45) is 2.64. The van der Waals surface area contributed by atoms with Gasteiger partial charge in [0, 0.05) is 13.0 Å². The van der Waals surface area contributed by atoms with E-state index in [2.05, 4.69) is 10.6 Å². The standard InChI is InChI=1S/C11H16N2O4/c14-8-3-2-7(6-12-8)9(15)13-11(10(16)17)4-1-5-11/h7H,1-6H2,(H,12,14)(H,13,15)(H,16,17). The highest BCUT2D eigenvalue weighted by molar-refractivity contribution is 5.90. The van der Waals surface area contributed by atoms with E-state index in [1.165, 1.54) is 0 Å². The van der Waals surface area contributed by atoms with Crippen LogP contribution in [-0.4, -0.2) is 35.0 Å². The van der Waals surface area contributed by atoms with Gasteiger partial charge in [0.05, 0.1) is 5.92 Å². The van der Waals surface area contributed by atoms with Crippen LogP contribution in [0.3, 0.4) is 0 Å². The highest BCUT2D eigenvalue weighted by atomic mass is 16.4. The van der Waals surface area contributed by atoms with E-state index in [-0.39, 0.29) is 17.7 Å². The van der Waals surface area contributed by atoms with E-state index < -0.39 is 11.5 Å². The van der Waals surface area contributed by atoms with Crippen molar-refractivity contribution in [3.8, 4) is 0 Å². The van der Waals surface area contributed by atoms with Gasteiger partial charge in [-0.25, -0.2) is 4.79 Å². The lowest BCUT2D eigenvalue weighted by atomic mass is 9.76. The van der Waals surface area contributed by atoms with Crippen molar-refractivity contribution in [3.05, 3.63) is 0 Å². The molecule has 1 unspecified atom stereocenters. The second-order valence-electron chi connectivity index (χ2n) is 4.77. The Morgan fingerprint density at radius 3 is 2.53 bits per heavy atom. The van der Waals surface area contributed by atoms with Crippen LogP contribution in [0, 0.1) is 5.92 Å². The third kappa shape index (κ3) is 2.25. The summed E-state index contributed by atoms with van der Waals surface area (Å²) in [6.45, 7) is 0.306. The van der Waals surface area contributed by atoms with Crippen LogP contribution >= 0.6 is 0 Å². The molecular weight excluding hydrogens is 224 g/mol. The molecule has 1 saturated carbocycles. The molecule has 94 valence electrons. The number of carbonyl (C=O) groups excluding carboxylic acids is 2. The number of hydrogen-bond donors (Lipinski definition) is 3. The van der Waals surface area contributed by atoms with Gasteiger partial charge in [-0.2, -0.15) is 0 Å². The zero-order valence-corrected chi connectivity index (χ0v) is 9.49. The molecule has 2 rings (SSSR count). The van der Waals surface area contributed by atoms with Crippen molar-refractivity contribution < 1.29 is 19.5 Å². The number of carboxylic acids is 1. The number of nitrogens with one attached hydrogen (secondary N) is 2. The van der Waals surface area contributed by atoms with Crippen molar-refractivity contribution in [2.45, 2.75) is 37.6 Å². The Labute approximate surface area is 98.8 Å². The van der Waals surface area contributed by atoms with Crippen molar-refractivity contribution in [2.24, 2.45) is 5.92 Å². The van der Waals surface area contributed by atoms with Crippen molar-refractivity contribution in [1.29, 1.82) is 0 Å². The number of piperidine rings is 1. The van der Waals surface area contributed by atoms with Gasteiger partial charge in [-0.05, 0) is 25.7 Å². The molecule has 0 aromatic rings. The maximum Gasteiger partial charge on any atom is 0.329 e. The average molecular weight is 240 g/mol. The lowest BCUT2D eigenvalue weighted by Crippen LogP contribution is -2.61. The first kappa shape index (κ1) is 11.9.